The van der Waals surface area contributed by atoms with Crippen LogP contribution in [-0.2, 0) is 6.54 Å². The zero-order valence-electron chi connectivity index (χ0n) is 12.6. The number of benzene rings is 1. The first-order valence-electron chi connectivity index (χ1n) is 7.03. The standard InChI is InChI=1S/C16H20BrN3O/c1-11-6-4-7-14(10-11)16(21)18-8-5-9-20-13(3)15(17)12(2)19-20/h4,6-7,10H,5,8-9H2,1-3H3,(H,18,21). The van der Waals surface area contributed by atoms with Crippen LogP contribution in [0.5, 0.6) is 0 Å². The second-order valence-electron chi connectivity index (χ2n) is 5.19. The molecule has 1 N–H and O–H groups in total. The van der Waals surface area contributed by atoms with Gasteiger partial charge in [0.25, 0.3) is 5.91 Å². The lowest BCUT2D eigenvalue weighted by Crippen LogP contribution is -2.25. The smallest absolute Gasteiger partial charge is 0.251 e. The lowest BCUT2D eigenvalue weighted by atomic mass is 10.1. The first-order valence-corrected chi connectivity index (χ1v) is 7.82. The highest BCUT2D eigenvalue weighted by Gasteiger charge is 2.08. The van der Waals surface area contributed by atoms with Crippen molar-refractivity contribution in [2.75, 3.05) is 6.54 Å². The van der Waals surface area contributed by atoms with E-state index in [2.05, 4.69) is 26.3 Å². The maximum absolute atomic E-state index is 12.0. The van der Waals surface area contributed by atoms with Crippen LogP contribution in [0.15, 0.2) is 28.7 Å². The monoisotopic (exact) mass is 349 g/mol. The molecule has 0 bridgehead atoms. The lowest BCUT2D eigenvalue weighted by Gasteiger charge is -2.07. The Morgan fingerprint density at radius 3 is 2.71 bits per heavy atom. The van der Waals surface area contributed by atoms with E-state index in [1.54, 1.807) is 0 Å². The van der Waals surface area contributed by atoms with Crippen molar-refractivity contribution in [3.05, 3.63) is 51.3 Å². The lowest BCUT2D eigenvalue weighted by molar-refractivity contribution is 0.0952. The van der Waals surface area contributed by atoms with E-state index in [1.165, 1.54) is 0 Å². The van der Waals surface area contributed by atoms with Gasteiger partial charge in [-0.15, -0.1) is 0 Å². The summed E-state index contributed by atoms with van der Waals surface area (Å²) in [5.74, 6) is -0.0201. The minimum absolute atomic E-state index is 0.0201. The van der Waals surface area contributed by atoms with Crippen LogP contribution in [0.1, 0.15) is 33.7 Å². The van der Waals surface area contributed by atoms with Gasteiger partial charge in [0.15, 0.2) is 0 Å². The van der Waals surface area contributed by atoms with Gasteiger partial charge < -0.3 is 5.32 Å². The Morgan fingerprint density at radius 1 is 1.33 bits per heavy atom. The van der Waals surface area contributed by atoms with Crippen LogP contribution < -0.4 is 5.32 Å². The fraction of sp³-hybridized carbons (Fsp3) is 0.375. The van der Waals surface area contributed by atoms with E-state index in [9.17, 15) is 4.79 Å². The Balaban J connectivity index is 1.82. The summed E-state index contributed by atoms with van der Waals surface area (Å²) >= 11 is 3.52. The quantitative estimate of drug-likeness (QED) is 0.841. The molecule has 2 aromatic rings. The van der Waals surface area contributed by atoms with Crippen molar-refractivity contribution in [2.45, 2.75) is 33.7 Å². The average molecular weight is 350 g/mol. The topological polar surface area (TPSA) is 46.9 Å². The molecule has 1 heterocycles. The maximum atomic E-state index is 12.0. The first-order chi connectivity index (χ1) is 9.99. The Kier molecular flexibility index (Phi) is 5.17. The van der Waals surface area contributed by atoms with Crippen molar-refractivity contribution in [3.8, 4) is 0 Å². The van der Waals surface area contributed by atoms with Gasteiger partial charge in [-0.1, -0.05) is 17.7 Å². The summed E-state index contributed by atoms with van der Waals surface area (Å²) in [6, 6.07) is 7.61. The number of carbonyl (C=O) groups is 1. The van der Waals surface area contributed by atoms with Gasteiger partial charge in [0, 0.05) is 24.3 Å². The molecule has 1 aromatic carbocycles. The number of amides is 1. The van der Waals surface area contributed by atoms with Crippen molar-refractivity contribution in [3.63, 3.8) is 0 Å². The molecular formula is C16H20BrN3O. The third-order valence-electron chi connectivity index (χ3n) is 3.41. The molecule has 0 unspecified atom stereocenters. The molecule has 2 rings (SSSR count). The molecule has 0 atom stereocenters. The first kappa shape index (κ1) is 15.8. The van der Waals surface area contributed by atoms with Crippen LogP contribution in [0.4, 0.5) is 0 Å². The van der Waals surface area contributed by atoms with E-state index >= 15 is 0 Å². The summed E-state index contributed by atoms with van der Waals surface area (Å²) in [7, 11) is 0. The second-order valence-corrected chi connectivity index (χ2v) is 5.98. The molecule has 0 spiro atoms. The van der Waals surface area contributed by atoms with Crippen LogP contribution in [0.2, 0.25) is 0 Å². The molecule has 0 aliphatic heterocycles. The zero-order valence-corrected chi connectivity index (χ0v) is 14.2. The minimum Gasteiger partial charge on any atom is -0.352 e. The molecule has 112 valence electrons. The minimum atomic E-state index is -0.0201. The highest BCUT2D eigenvalue weighted by atomic mass is 79.9. The molecule has 5 heteroatoms. The van der Waals surface area contributed by atoms with Crippen molar-refractivity contribution < 1.29 is 4.79 Å². The Labute approximate surface area is 133 Å². The Bertz CT molecular complexity index is 649. The van der Waals surface area contributed by atoms with Gasteiger partial charge in [-0.3, -0.25) is 9.48 Å². The van der Waals surface area contributed by atoms with Crippen LogP contribution in [-0.4, -0.2) is 22.2 Å². The maximum Gasteiger partial charge on any atom is 0.251 e. The number of rotatable bonds is 5. The number of nitrogens with one attached hydrogen (secondary N) is 1. The number of aryl methyl sites for hydroxylation is 3. The fourth-order valence-electron chi connectivity index (χ4n) is 2.21. The second kappa shape index (κ2) is 6.89. The van der Waals surface area contributed by atoms with Gasteiger partial charge in [-0.25, -0.2) is 0 Å². The molecule has 1 amide bonds. The van der Waals surface area contributed by atoms with Crippen molar-refractivity contribution in [1.82, 2.24) is 15.1 Å². The molecule has 0 radical (unpaired) electrons. The molecule has 21 heavy (non-hydrogen) atoms. The van der Waals surface area contributed by atoms with Gasteiger partial charge in [-0.05, 0) is 55.3 Å². The van der Waals surface area contributed by atoms with Gasteiger partial charge in [-0.2, -0.15) is 5.10 Å². The molecule has 0 fully saturated rings. The number of carbonyl (C=O) groups excluding carboxylic acids is 1. The van der Waals surface area contributed by atoms with Gasteiger partial charge in [0.1, 0.15) is 0 Å². The van der Waals surface area contributed by atoms with Crippen molar-refractivity contribution in [2.24, 2.45) is 0 Å². The highest BCUT2D eigenvalue weighted by molar-refractivity contribution is 9.10. The van der Waals surface area contributed by atoms with Crippen LogP contribution >= 0.6 is 15.9 Å². The summed E-state index contributed by atoms with van der Waals surface area (Å²) in [6.45, 7) is 7.44. The average Bonchev–Trinajstić information content (AvgIpc) is 2.71. The Morgan fingerprint density at radius 2 is 2.10 bits per heavy atom. The normalized spacial score (nSPS) is 10.7. The number of hydrogen-bond acceptors (Lipinski definition) is 2. The third kappa shape index (κ3) is 3.94. The van der Waals surface area contributed by atoms with Crippen LogP contribution in [0.25, 0.3) is 0 Å². The molecule has 0 aliphatic carbocycles. The molecule has 1 aromatic heterocycles. The fourth-order valence-corrected chi connectivity index (χ4v) is 2.50. The van der Waals surface area contributed by atoms with Gasteiger partial charge in [0.2, 0.25) is 0 Å². The summed E-state index contributed by atoms with van der Waals surface area (Å²) < 4.78 is 3.03. The zero-order chi connectivity index (χ0) is 15.4. The predicted molar refractivity (Wildman–Crippen MR) is 87.5 cm³/mol. The molecular weight excluding hydrogens is 330 g/mol. The molecule has 4 nitrogen and oxygen atoms in total. The number of halogens is 1. The largest absolute Gasteiger partial charge is 0.352 e. The summed E-state index contributed by atoms with van der Waals surface area (Å²) in [5.41, 5.74) is 3.92. The van der Waals surface area contributed by atoms with E-state index in [1.807, 2.05) is 49.7 Å². The van der Waals surface area contributed by atoms with E-state index in [4.69, 9.17) is 0 Å². The molecule has 0 saturated heterocycles. The Hall–Kier alpha value is -1.62. The van der Waals surface area contributed by atoms with E-state index in [0.717, 1.165) is 34.4 Å². The number of aromatic nitrogens is 2. The number of nitrogens with zero attached hydrogens (tertiary/aromatic N) is 2. The van der Waals surface area contributed by atoms with Crippen LogP contribution in [0, 0.1) is 20.8 Å². The summed E-state index contributed by atoms with van der Waals surface area (Å²) in [5, 5.41) is 7.40. The van der Waals surface area contributed by atoms with E-state index < -0.39 is 0 Å². The third-order valence-corrected chi connectivity index (χ3v) is 4.55. The summed E-state index contributed by atoms with van der Waals surface area (Å²) in [6.07, 6.45) is 0.853. The van der Waals surface area contributed by atoms with Gasteiger partial charge >= 0.3 is 0 Å². The number of hydrogen-bond donors (Lipinski definition) is 1. The van der Waals surface area contributed by atoms with Crippen LogP contribution in [0.3, 0.4) is 0 Å². The SMILES string of the molecule is Cc1cccc(C(=O)NCCCn2nc(C)c(Br)c2C)c1. The van der Waals surface area contributed by atoms with E-state index in [-0.39, 0.29) is 5.91 Å². The summed E-state index contributed by atoms with van der Waals surface area (Å²) in [4.78, 5) is 12.0. The van der Waals surface area contributed by atoms with Gasteiger partial charge in [0.05, 0.1) is 10.2 Å². The highest BCUT2D eigenvalue weighted by Crippen LogP contribution is 2.19. The van der Waals surface area contributed by atoms with E-state index in [0.29, 0.717) is 12.1 Å². The molecule has 0 aliphatic rings. The molecule has 0 saturated carbocycles. The van der Waals surface area contributed by atoms with Crippen molar-refractivity contribution >= 4 is 21.8 Å². The predicted octanol–water partition coefficient (Wildman–Crippen LogP) is 3.39. The van der Waals surface area contributed by atoms with Crippen molar-refractivity contribution in [1.29, 1.82) is 0 Å².